The summed E-state index contributed by atoms with van der Waals surface area (Å²) >= 11 is 2.20. The molecular weight excluding hydrogens is 317 g/mol. The van der Waals surface area contributed by atoms with Crippen molar-refractivity contribution in [1.29, 1.82) is 0 Å². The van der Waals surface area contributed by atoms with Crippen molar-refractivity contribution in [2.45, 2.75) is 19.4 Å². The van der Waals surface area contributed by atoms with Gasteiger partial charge in [-0.2, -0.15) is 0 Å². The molecule has 0 spiro atoms. The van der Waals surface area contributed by atoms with Gasteiger partial charge in [0.2, 0.25) is 0 Å². The van der Waals surface area contributed by atoms with Crippen molar-refractivity contribution < 1.29 is 4.79 Å². The minimum atomic E-state index is 0.00760. The highest BCUT2D eigenvalue weighted by Crippen LogP contribution is 2.14. The van der Waals surface area contributed by atoms with Gasteiger partial charge < -0.3 is 15.2 Å². The number of H-pyrrole nitrogens is 1. The van der Waals surface area contributed by atoms with E-state index >= 15 is 0 Å². The number of rotatable bonds is 1. The number of aromatic nitrogens is 1. The molecule has 4 nitrogen and oxygen atoms in total. The van der Waals surface area contributed by atoms with Crippen LogP contribution in [-0.2, 0) is 0 Å². The standard InChI is InChI=1S/C11H16IN3O/c1-11(2)7-15(4-3-14-11)10(16)9-5-8(12)6-13-9/h5-6,13-14H,3-4,7H2,1-2H3. The van der Waals surface area contributed by atoms with E-state index < -0.39 is 0 Å². The van der Waals surface area contributed by atoms with E-state index in [2.05, 4.69) is 46.7 Å². The molecule has 1 amide bonds. The van der Waals surface area contributed by atoms with Crippen LogP contribution in [0.2, 0.25) is 0 Å². The first-order valence-corrected chi connectivity index (χ1v) is 6.44. The van der Waals surface area contributed by atoms with Crippen LogP contribution in [0, 0.1) is 3.57 Å². The summed E-state index contributed by atoms with van der Waals surface area (Å²) in [5.74, 6) is 0.0949. The molecular formula is C11H16IN3O. The number of nitrogens with zero attached hydrogens (tertiary/aromatic N) is 1. The Kier molecular flexibility index (Phi) is 3.25. The molecule has 0 bridgehead atoms. The molecule has 0 saturated carbocycles. The molecule has 1 aliphatic heterocycles. The third kappa shape index (κ3) is 2.57. The highest BCUT2D eigenvalue weighted by Gasteiger charge is 2.29. The van der Waals surface area contributed by atoms with Gasteiger partial charge in [-0.15, -0.1) is 0 Å². The quantitative estimate of drug-likeness (QED) is 0.764. The molecule has 0 atom stereocenters. The van der Waals surface area contributed by atoms with E-state index in [-0.39, 0.29) is 11.4 Å². The van der Waals surface area contributed by atoms with E-state index in [1.807, 2.05) is 17.2 Å². The highest BCUT2D eigenvalue weighted by atomic mass is 127. The van der Waals surface area contributed by atoms with Crippen LogP contribution in [0.1, 0.15) is 24.3 Å². The largest absolute Gasteiger partial charge is 0.356 e. The molecule has 1 fully saturated rings. The minimum absolute atomic E-state index is 0.00760. The van der Waals surface area contributed by atoms with Crippen molar-refractivity contribution in [2.24, 2.45) is 0 Å². The predicted octanol–water partition coefficient (Wildman–Crippen LogP) is 1.44. The molecule has 0 radical (unpaired) electrons. The molecule has 1 aliphatic rings. The Balaban J connectivity index is 2.10. The van der Waals surface area contributed by atoms with Crippen LogP contribution < -0.4 is 5.32 Å². The van der Waals surface area contributed by atoms with E-state index in [0.29, 0.717) is 5.69 Å². The molecule has 1 aromatic heterocycles. The average molecular weight is 333 g/mol. The van der Waals surface area contributed by atoms with E-state index in [1.54, 1.807) is 0 Å². The summed E-state index contributed by atoms with van der Waals surface area (Å²) in [5, 5.41) is 3.39. The topological polar surface area (TPSA) is 48.1 Å². The summed E-state index contributed by atoms with van der Waals surface area (Å²) in [6.07, 6.45) is 1.85. The molecule has 1 saturated heterocycles. The van der Waals surface area contributed by atoms with Crippen LogP contribution in [-0.4, -0.2) is 41.0 Å². The van der Waals surface area contributed by atoms with Gasteiger partial charge in [-0.05, 0) is 42.5 Å². The van der Waals surface area contributed by atoms with Crippen molar-refractivity contribution in [1.82, 2.24) is 15.2 Å². The Bertz CT molecular complexity index is 400. The maximum Gasteiger partial charge on any atom is 0.270 e. The molecule has 16 heavy (non-hydrogen) atoms. The summed E-state index contributed by atoms with van der Waals surface area (Å²) in [4.78, 5) is 17.1. The van der Waals surface area contributed by atoms with Crippen LogP contribution in [0.15, 0.2) is 12.3 Å². The van der Waals surface area contributed by atoms with Gasteiger partial charge in [0, 0.05) is 34.9 Å². The van der Waals surface area contributed by atoms with E-state index in [4.69, 9.17) is 0 Å². The number of aromatic amines is 1. The third-order valence-corrected chi connectivity index (χ3v) is 3.36. The van der Waals surface area contributed by atoms with Gasteiger partial charge >= 0.3 is 0 Å². The molecule has 1 aromatic rings. The zero-order chi connectivity index (χ0) is 11.8. The molecule has 2 rings (SSSR count). The van der Waals surface area contributed by atoms with Crippen LogP contribution in [0.3, 0.4) is 0 Å². The van der Waals surface area contributed by atoms with Crippen molar-refractivity contribution >= 4 is 28.5 Å². The minimum Gasteiger partial charge on any atom is -0.356 e. The van der Waals surface area contributed by atoms with Crippen molar-refractivity contribution in [3.8, 4) is 0 Å². The first-order valence-electron chi connectivity index (χ1n) is 5.36. The number of hydrogen-bond acceptors (Lipinski definition) is 2. The summed E-state index contributed by atoms with van der Waals surface area (Å²) < 4.78 is 1.07. The summed E-state index contributed by atoms with van der Waals surface area (Å²) in [5.41, 5.74) is 0.690. The molecule has 5 heteroatoms. The maximum atomic E-state index is 12.2. The van der Waals surface area contributed by atoms with Crippen LogP contribution in [0.25, 0.3) is 0 Å². The zero-order valence-electron chi connectivity index (χ0n) is 9.51. The SMILES string of the molecule is CC1(C)CN(C(=O)c2cc(I)c[nH]2)CCN1. The molecule has 2 heterocycles. The van der Waals surface area contributed by atoms with Gasteiger partial charge in [-0.25, -0.2) is 0 Å². The fourth-order valence-electron chi connectivity index (χ4n) is 1.98. The van der Waals surface area contributed by atoms with E-state index in [9.17, 15) is 4.79 Å². The Morgan fingerprint density at radius 1 is 1.56 bits per heavy atom. The number of amides is 1. The summed E-state index contributed by atoms with van der Waals surface area (Å²) in [7, 11) is 0. The Hall–Kier alpha value is -0.560. The number of halogens is 1. The monoisotopic (exact) mass is 333 g/mol. The van der Waals surface area contributed by atoms with Crippen molar-refractivity contribution in [3.63, 3.8) is 0 Å². The van der Waals surface area contributed by atoms with Crippen LogP contribution >= 0.6 is 22.6 Å². The van der Waals surface area contributed by atoms with Crippen molar-refractivity contribution in [3.05, 3.63) is 21.5 Å². The van der Waals surface area contributed by atoms with E-state index in [0.717, 1.165) is 23.2 Å². The predicted molar refractivity (Wildman–Crippen MR) is 71.5 cm³/mol. The number of carbonyl (C=O) groups excluding carboxylic acids is 1. The molecule has 0 aliphatic carbocycles. The van der Waals surface area contributed by atoms with Crippen molar-refractivity contribution in [2.75, 3.05) is 19.6 Å². The van der Waals surface area contributed by atoms with Crippen LogP contribution in [0.5, 0.6) is 0 Å². The lowest BCUT2D eigenvalue weighted by Gasteiger charge is -2.38. The smallest absolute Gasteiger partial charge is 0.270 e. The Morgan fingerprint density at radius 2 is 2.31 bits per heavy atom. The first kappa shape index (κ1) is 11.9. The summed E-state index contributed by atoms with van der Waals surface area (Å²) in [6, 6.07) is 1.89. The fraction of sp³-hybridized carbons (Fsp3) is 0.545. The summed E-state index contributed by atoms with van der Waals surface area (Å²) in [6.45, 7) is 6.62. The van der Waals surface area contributed by atoms with Crippen LogP contribution in [0.4, 0.5) is 0 Å². The molecule has 88 valence electrons. The van der Waals surface area contributed by atoms with Gasteiger partial charge in [-0.3, -0.25) is 4.79 Å². The Labute approximate surface area is 109 Å². The van der Waals surface area contributed by atoms with Gasteiger partial charge in [0.25, 0.3) is 5.91 Å². The normalized spacial score (nSPS) is 19.8. The highest BCUT2D eigenvalue weighted by molar-refractivity contribution is 14.1. The zero-order valence-corrected chi connectivity index (χ0v) is 11.7. The maximum absolute atomic E-state index is 12.2. The van der Waals surface area contributed by atoms with Gasteiger partial charge in [0.05, 0.1) is 0 Å². The molecule has 0 unspecified atom stereocenters. The fourth-order valence-corrected chi connectivity index (χ4v) is 2.44. The number of carbonyl (C=O) groups is 1. The molecule has 0 aromatic carbocycles. The lowest BCUT2D eigenvalue weighted by atomic mass is 10.0. The third-order valence-electron chi connectivity index (χ3n) is 2.74. The van der Waals surface area contributed by atoms with Gasteiger partial charge in [0.1, 0.15) is 5.69 Å². The number of piperazine rings is 1. The number of hydrogen-bond donors (Lipinski definition) is 2. The molecule has 2 N–H and O–H groups in total. The second-order valence-corrected chi connectivity index (χ2v) is 6.01. The van der Waals surface area contributed by atoms with Gasteiger partial charge in [0.15, 0.2) is 0 Å². The number of nitrogens with one attached hydrogen (secondary N) is 2. The second-order valence-electron chi connectivity index (χ2n) is 4.77. The van der Waals surface area contributed by atoms with Gasteiger partial charge in [-0.1, -0.05) is 0 Å². The Morgan fingerprint density at radius 3 is 2.88 bits per heavy atom. The average Bonchev–Trinajstić information content (AvgIpc) is 2.62. The second kappa shape index (κ2) is 4.37. The first-order chi connectivity index (χ1) is 7.48. The lowest BCUT2D eigenvalue weighted by molar-refractivity contribution is 0.0647. The lowest BCUT2D eigenvalue weighted by Crippen LogP contribution is -2.58. The van der Waals surface area contributed by atoms with E-state index in [1.165, 1.54) is 0 Å².